The highest BCUT2D eigenvalue weighted by molar-refractivity contribution is 5.77. The van der Waals surface area contributed by atoms with Crippen LogP contribution in [0, 0.1) is 0 Å². The Bertz CT molecular complexity index is 160. The Kier molecular flexibility index (Phi) is 5.94. The number of carbonyl (C=O) groups is 2. The first-order valence-electron chi connectivity index (χ1n) is 3.60. The predicted molar refractivity (Wildman–Crippen MR) is 42.1 cm³/mol. The molecule has 0 fully saturated rings. The standard InChI is InChI=1S/C6H13N3O3/c7-4-5(10)9-8-3-1-2-6(11)12/h8H,1-4,7H2,(H,9,10)(H,11,12). The van der Waals surface area contributed by atoms with Crippen LogP contribution in [0.5, 0.6) is 0 Å². The third kappa shape index (κ3) is 6.97. The lowest BCUT2D eigenvalue weighted by atomic mass is 10.3. The van der Waals surface area contributed by atoms with Crippen molar-refractivity contribution in [3.8, 4) is 0 Å². The number of carbonyl (C=O) groups excluding carboxylic acids is 1. The van der Waals surface area contributed by atoms with Crippen LogP contribution in [0.2, 0.25) is 0 Å². The highest BCUT2D eigenvalue weighted by atomic mass is 16.4. The molecule has 1 amide bonds. The highest BCUT2D eigenvalue weighted by Crippen LogP contribution is 1.84. The molecule has 0 bridgehead atoms. The number of rotatable bonds is 6. The number of hydrogen-bond acceptors (Lipinski definition) is 4. The largest absolute Gasteiger partial charge is 0.481 e. The van der Waals surface area contributed by atoms with Gasteiger partial charge in [0.05, 0.1) is 6.54 Å². The summed E-state index contributed by atoms with van der Waals surface area (Å²) >= 11 is 0. The Morgan fingerprint density at radius 1 is 1.42 bits per heavy atom. The van der Waals surface area contributed by atoms with Crippen molar-refractivity contribution in [3.05, 3.63) is 0 Å². The topological polar surface area (TPSA) is 104 Å². The summed E-state index contributed by atoms with van der Waals surface area (Å²) in [6.45, 7) is 0.351. The third-order valence-corrected chi connectivity index (χ3v) is 1.11. The molecule has 0 atom stereocenters. The lowest BCUT2D eigenvalue weighted by Gasteiger charge is -2.03. The molecule has 0 heterocycles. The number of nitrogens with one attached hydrogen (secondary N) is 2. The van der Waals surface area contributed by atoms with E-state index >= 15 is 0 Å². The van der Waals surface area contributed by atoms with E-state index in [2.05, 4.69) is 10.9 Å². The molecule has 0 saturated heterocycles. The lowest BCUT2D eigenvalue weighted by molar-refractivity contribution is -0.137. The zero-order valence-electron chi connectivity index (χ0n) is 6.67. The van der Waals surface area contributed by atoms with E-state index in [4.69, 9.17) is 10.8 Å². The van der Waals surface area contributed by atoms with E-state index in [1.54, 1.807) is 0 Å². The fourth-order valence-corrected chi connectivity index (χ4v) is 0.540. The van der Waals surface area contributed by atoms with E-state index in [0.29, 0.717) is 13.0 Å². The summed E-state index contributed by atoms with van der Waals surface area (Å²) in [5.74, 6) is -1.16. The summed E-state index contributed by atoms with van der Waals surface area (Å²) in [6, 6.07) is 0. The van der Waals surface area contributed by atoms with Gasteiger partial charge in [-0.1, -0.05) is 0 Å². The van der Waals surface area contributed by atoms with Crippen LogP contribution in [0.1, 0.15) is 12.8 Å². The highest BCUT2D eigenvalue weighted by Gasteiger charge is 1.97. The number of carboxylic acids is 1. The molecule has 0 aromatic rings. The molecule has 0 aliphatic heterocycles. The first kappa shape index (κ1) is 10.9. The molecule has 0 aromatic carbocycles. The van der Waals surface area contributed by atoms with Gasteiger partial charge in [0.15, 0.2) is 0 Å². The SMILES string of the molecule is NCC(=O)NNCCCC(=O)O. The zero-order chi connectivity index (χ0) is 9.40. The average Bonchev–Trinajstić information content (AvgIpc) is 2.03. The van der Waals surface area contributed by atoms with Crippen molar-refractivity contribution in [2.75, 3.05) is 13.1 Å². The Morgan fingerprint density at radius 3 is 2.58 bits per heavy atom. The molecule has 0 radical (unpaired) electrons. The Labute approximate surface area is 70.1 Å². The van der Waals surface area contributed by atoms with Crippen LogP contribution in [0.3, 0.4) is 0 Å². The molecule has 0 aliphatic carbocycles. The maximum absolute atomic E-state index is 10.5. The van der Waals surface area contributed by atoms with Gasteiger partial charge < -0.3 is 10.8 Å². The minimum atomic E-state index is -0.845. The number of amides is 1. The quantitative estimate of drug-likeness (QED) is 0.288. The molecule has 5 N–H and O–H groups in total. The van der Waals surface area contributed by atoms with Gasteiger partial charge >= 0.3 is 5.97 Å². The second kappa shape index (κ2) is 6.56. The first-order valence-corrected chi connectivity index (χ1v) is 3.60. The molecule has 0 aliphatic rings. The Morgan fingerprint density at radius 2 is 2.08 bits per heavy atom. The zero-order valence-corrected chi connectivity index (χ0v) is 6.67. The monoisotopic (exact) mass is 175 g/mol. The average molecular weight is 175 g/mol. The molecular weight excluding hydrogens is 162 g/mol. The lowest BCUT2D eigenvalue weighted by Crippen LogP contribution is -2.41. The number of nitrogens with two attached hydrogens (primary N) is 1. The van der Waals surface area contributed by atoms with Crippen molar-refractivity contribution in [1.29, 1.82) is 0 Å². The summed E-state index contributed by atoms with van der Waals surface area (Å²) in [5, 5.41) is 8.23. The molecular formula is C6H13N3O3. The van der Waals surface area contributed by atoms with Gasteiger partial charge in [-0.3, -0.25) is 15.0 Å². The van der Waals surface area contributed by atoms with Gasteiger partial charge in [-0.25, -0.2) is 5.43 Å². The van der Waals surface area contributed by atoms with E-state index in [1.165, 1.54) is 0 Å². The number of hydrogen-bond donors (Lipinski definition) is 4. The first-order chi connectivity index (χ1) is 5.66. The Hall–Kier alpha value is -1.14. The van der Waals surface area contributed by atoms with E-state index < -0.39 is 5.97 Å². The Balaban J connectivity index is 3.11. The molecule has 0 unspecified atom stereocenters. The minimum absolute atomic E-state index is 0.0774. The predicted octanol–water partition coefficient (Wildman–Crippen LogP) is -1.57. The van der Waals surface area contributed by atoms with Gasteiger partial charge in [0, 0.05) is 13.0 Å². The maximum Gasteiger partial charge on any atom is 0.303 e. The number of aliphatic carboxylic acids is 1. The van der Waals surface area contributed by atoms with Crippen LogP contribution in [0.4, 0.5) is 0 Å². The summed E-state index contributed by atoms with van der Waals surface area (Å²) < 4.78 is 0. The summed E-state index contributed by atoms with van der Waals surface area (Å²) in [6.07, 6.45) is 0.561. The van der Waals surface area contributed by atoms with Crippen LogP contribution in [-0.2, 0) is 9.59 Å². The fourth-order valence-electron chi connectivity index (χ4n) is 0.540. The van der Waals surface area contributed by atoms with Crippen molar-refractivity contribution < 1.29 is 14.7 Å². The van der Waals surface area contributed by atoms with Gasteiger partial charge in [0.2, 0.25) is 5.91 Å². The summed E-state index contributed by atoms with van der Waals surface area (Å²) in [7, 11) is 0. The van der Waals surface area contributed by atoms with Gasteiger partial charge in [-0.05, 0) is 6.42 Å². The molecule has 12 heavy (non-hydrogen) atoms. The van der Waals surface area contributed by atoms with Crippen LogP contribution >= 0.6 is 0 Å². The molecule has 0 saturated carbocycles. The molecule has 6 nitrogen and oxygen atoms in total. The smallest absolute Gasteiger partial charge is 0.303 e. The fraction of sp³-hybridized carbons (Fsp3) is 0.667. The van der Waals surface area contributed by atoms with E-state index in [-0.39, 0.29) is 18.9 Å². The van der Waals surface area contributed by atoms with Crippen molar-refractivity contribution in [2.45, 2.75) is 12.8 Å². The van der Waals surface area contributed by atoms with Crippen LogP contribution in [0.15, 0.2) is 0 Å². The van der Waals surface area contributed by atoms with Crippen molar-refractivity contribution >= 4 is 11.9 Å². The van der Waals surface area contributed by atoms with Crippen molar-refractivity contribution in [2.24, 2.45) is 5.73 Å². The van der Waals surface area contributed by atoms with Crippen molar-refractivity contribution in [3.63, 3.8) is 0 Å². The second-order valence-electron chi connectivity index (χ2n) is 2.18. The summed E-state index contributed by atoms with van der Waals surface area (Å²) in [5.41, 5.74) is 9.84. The van der Waals surface area contributed by atoms with Crippen LogP contribution < -0.4 is 16.6 Å². The minimum Gasteiger partial charge on any atom is -0.481 e. The number of carboxylic acid groups (broad SMARTS) is 1. The molecule has 70 valence electrons. The molecule has 0 rings (SSSR count). The van der Waals surface area contributed by atoms with Gasteiger partial charge in [0.1, 0.15) is 0 Å². The van der Waals surface area contributed by atoms with Crippen LogP contribution in [-0.4, -0.2) is 30.1 Å². The van der Waals surface area contributed by atoms with Gasteiger partial charge in [-0.2, -0.15) is 0 Å². The molecule has 0 spiro atoms. The van der Waals surface area contributed by atoms with Gasteiger partial charge in [0.25, 0.3) is 0 Å². The van der Waals surface area contributed by atoms with E-state index in [1.807, 2.05) is 0 Å². The second-order valence-corrected chi connectivity index (χ2v) is 2.18. The normalized spacial score (nSPS) is 9.42. The van der Waals surface area contributed by atoms with E-state index in [0.717, 1.165) is 0 Å². The number of hydrazine groups is 1. The van der Waals surface area contributed by atoms with Crippen molar-refractivity contribution in [1.82, 2.24) is 10.9 Å². The van der Waals surface area contributed by atoms with Crippen LogP contribution in [0.25, 0.3) is 0 Å². The maximum atomic E-state index is 10.5. The molecule has 6 heteroatoms. The van der Waals surface area contributed by atoms with E-state index in [9.17, 15) is 9.59 Å². The third-order valence-electron chi connectivity index (χ3n) is 1.11. The summed E-state index contributed by atoms with van der Waals surface area (Å²) in [4.78, 5) is 20.5. The molecule has 0 aromatic heterocycles. The van der Waals surface area contributed by atoms with Gasteiger partial charge in [-0.15, -0.1) is 0 Å².